The van der Waals surface area contributed by atoms with Crippen molar-refractivity contribution in [3.63, 3.8) is 0 Å². The maximum absolute atomic E-state index is 12.4. The topological polar surface area (TPSA) is 86.7 Å². The van der Waals surface area contributed by atoms with Crippen molar-refractivity contribution in [3.05, 3.63) is 72.3 Å². The van der Waals surface area contributed by atoms with Gasteiger partial charge >= 0.3 is 5.97 Å². The first-order chi connectivity index (χ1) is 11.5. The molecule has 2 N–H and O–H groups in total. The number of carboxylic acid groups (broad SMARTS) is 1. The Morgan fingerprint density at radius 2 is 1.58 bits per heavy atom. The molecule has 0 aliphatic rings. The standard InChI is InChI=1S/C18H16N2O4/c1-20(15-5-3-2-4-6-15)18(24)13-7-9-14(10-8-13)19-16(21)11-12-17(22)23/h2-12H,1H3,(H,19,21)(H,22,23)/b12-11+. The zero-order valence-corrected chi connectivity index (χ0v) is 13.0. The van der Waals surface area contributed by atoms with E-state index in [9.17, 15) is 14.4 Å². The fraction of sp³-hybridized carbons (Fsp3) is 0.0556. The van der Waals surface area contributed by atoms with Gasteiger partial charge in [-0.1, -0.05) is 18.2 Å². The Morgan fingerprint density at radius 1 is 0.958 bits per heavy atom. The molecule has 2 rings (SSSR count). The summed E-state index contributed by atoms with van der Waals surface area (Å²) >= 11 is 0. The summed E-state index contributed by atoms with van der Waals surface area (Å²) < 4.78 is 0. The maximum atomic E-state index is 12.4. The van der Waals surface area contributed by atoms with Crippen molar-refractivity contribution in [2.45, 2.75) is 0 Å². The highest BCUT2D eigenvalue weighted by atomic mass is 16.4. The van der Waals surface area contributed by atoms with E-state index >= 15 is 0 Å². The number of aliphatic carboxylic acids is 1. The molecule has 0 aliphatic carbocycles. The first-order valence-corrected chi connectivity index (χ1v) is 7.12. The Bertz CT molecular complexity index is 767. The molecule has 2 aromatic carbocycles. The second kappa shape index (κ2) is 7.73. The first kappa shape index (κ1) is 17.0. The fourth-order valence-corrected chi connectivity index (χ4v) is 1.99. The van der Waals surface area contributed by atoms with Gasteiger partial charge in [0.05, 0.1) is 0 Å². The monoisotopic (exact) mass is 324 g/mol. The van der Waals surface area contributed by atoms with E-state index in [0.29, 0.717) is 11.3 Å². The van der Waals surface area contributed by atoms with Crippen molar-refractivity contribution in [1.29, 1.82) is 0 Å². The van der Waals surface area contributed by atoms with E-state index in [1.54, 1.807) is 31.3 Å². The molecule has 2 amide bonds. The van der Waals surface area contributed by atoms with Gasteiger partial charge in [0.1, 0.15) is 0 Å². The van der Waals surface area contributed by atoms with Crippen LogP contribution >= 0.6 is 0 Å². The second-order valence-electron chi connectivity index (χ2n) is 4.94. The number of hydrogen-bond acceptors (Lipinski definition) is 3. The molecule has 0 saturated carbocycles. The molecular formula is C18H16N2O4. The number of anilines is 2. The van der Waals surface area contributed by atoms with Gasteiger partial charge in [0.15, 0.2) is 0 Å². The molecule has 0 radical (unpaired) electrons. The van der Waals surface area contributed by atoms with Crippen molar-refractivity contribution >= 4 is 29.2 Å². The van der Waals surface area contributed by atoms with E-state index < -0.39 is 11.9 Å². The van der Waals surface area contributed by atoms with Crippen LogP contribution in [0.1, 0.15) is 10.4 Å². The van der Waals surface area contributed by atoms with Gasteiger partial charge in [-0.25, -0.2) is 4.79 Å². The Hall–Kier alpha value is -3.41. The number of carboxylic acids is 1. The highest BCUT2D eigenvalue weighted by Crippen LogP contribution is 2.16. The number of nitrogens with zero attached hydrogens (tertiary/aromatic N) is 1. The van der Waals surface area contributed by atoms with Gasteiger partial charge in [0.25, 0.3) is 5.91 Å². The molecule has 0 fully saturated rings. The van der Waals surface area contributed by atoms with Crippen LogP contribution in [-0.4, -0.2) is 29.9 Å². The van der Waals surface area contributed by atoms with Gasteiger partial charge in [-0.2, -0.15) is 0 Å². The molecule has 0 atom stereocenters. The van der Waals surface area contributed by atoms with Crippen LogP contribution in [-0.2, 0) is 9.59 Å². The van der Waals surface area contributed by atoms with E-state index in [2.05, 4.69) is 5.32 Å². The molecule has 0 heterocycles. The highest BCUT2D eigenvalue weighted by Gasteiger charge is 2.13. The van der Waals surface area contributed by atoms with Crippen molar-refractivity contribution in [3.8, 4) is 0 Å². The van der Waals surface area contributed by atoms with Gasteiger partial charge < -0.3 is 15.3 Å². The Kier molecular flexibility index (Phi) is 5.46. The first-order valence-electron chi connectivity index (χ1n) is 7.12. The Morgan fingerprint density at radius 3 is 2.17 bits per heavy atom. The summed E-state index contributed by atoms with van der Waals surface area (Å²) in [6.07, 6.45) is 1.67. The van der Waals surface area contributed by atoms with Crippen LogP contribution in [0.15, 0.2) is 66.7 Å². The summed E-state index contributed by atoms with van der Waals surface area (Å²) in [6.45, 7) is 0. The lowest BCUT2D eigenvalue weighted by Gasteiger charge is -2.17. The lowest BCUT2D eigenvalue weighted by Crippen LogP contribution is -2.26. The van der Waals surface area contributed by atoms with Crippen molar-refractivity contribution in [2.75, 3.05) is 17.3 Å². The van der Waals surface area contributed by atoms with Gasteiger partial charge in [-0.3, -0.25) is 9.59 Å². The third kappa shape index (κ3) is 4.54. The molecule has 0 spiro atoms. The van der Waals surface area contributed by atoms with E-state index in [1.165, 1.54) is 4.90 Å². The van der Waals surface area contributed by atoms with Gasteiger partial charge in [0, 0.05) is 36.1 Å². The van der Waals surface area contributed by atoms with Crippen molar-refractivity contribution in [2.24, 2.45) is 0 Å². The highest BCUT2D eigenvalue weighted by molar-refractivity contribution is 6.06. The molecule has 2 aromatic rings. The molecule has 0 bridgehead atoms. The van der Waals surface area contributed by atoms with E-state index in [1.807, 2.05) is 30.3 Å². The zero-order valence-electron chi connectivity index (χ0n) is 13.0. The minimum atomic E-state index is -1.20. The third-order valence-corrected chi connectivity index (χ3v) is 3.22. The predicted molar refractivity (Wildman–Crippen MR) is 91.0 cm³/mol. The number of hydrogen-bond donors (Lipinski definition) is 2. The van der Waals surface area contributed by atoms with Crippen molar-refractivity contribution < 1.29 is 19.5 Å². The van der Waals surface area contributed by atoms with Gasteiger partial charge in [-0.15, -0.1) is 0 Å². The lowest BCUT2D eigenvalue weighted by molar-refractivity contribution is -0.131. The average Bonchev–Trinajstić information content (AvgIpc) is 2.60. The summed E-state index contributed by atoms with van der Waals surface area (Å²) in [6, 6.07) is 15.6. The molecule has 122 valence electrons. The predicted octanol–water partition coefficient (Wildman–Crippen LogP) is 2.54. The summed E-state index contributed by atoms with van der Waals surface area (Å²) in [5.41, 5.74) is 1.72. The number of benzene rings is 2. The molecule has 0 saturated heterocycles. The smallest absolute Gasteiger partial charge is 0.328 e. The summed E-state index contributed by atoms with van der Waals surface area (Å²) in [4.78, 5) is 35.8. The molecule has 6 nitrogen and oxygen atoms in total. The normalized spacial score (nSPS) is 10.4. The molecule has 0 unspecified atom stereocenters. The van der Waals surface area contributed by atoms with Crippen LogP contribution in [0.25, 0.3) is 0 Å². The molecule has 24 heavy (non-hydrogen) atoms. The minimum Gasteiger partial charge on any atom is -0.478 e. The van der Waals surface area contributed by atoms with Crippen LogP contribution in [0.5, 0.6) is 0 Å². The summed E-state index contributed by atoms with van der Waals surface area (Å²) in [7, 11) is 1.68. The van der Waals surface area contributed by atoms with Crippen molar-refractivity contribution in [1.82, 2.24) is 0 Å². The zero-order chi connectivity index (χ0) is 17.5. The van der Waals surface area contributed by atoms with E-state index in [-0.39, 0.29) is 5.91 Å². The number of para-hydroxylation sites is 1. The van der Waals surface area contributed by atoms with Crippen LogP contribution in [0, 0.1) is 0 Å². The van der Waals surface area contributed by atoms with E-state index in [0.717, 1.165) is 17.8 Å². The quantitative estimate of drug-likeness (QED) is 0.828. The third-order valence-electron chi connectivity index (χ3n) is 3.22. The van der Waals surface area contributed by atoms with Gasteiger partial charge in [0.2, 0.25) is 5.91 Å². The molecule has 6 heteroatoms. The number of carbonyl (C=O) groups is 3. The van der Waals surface area contributed by atoms with Crippen LogP contribution in [0.3, 0.4) is 0 Å². The number of nitrogens with one attached hydrogen (secondary N) is 1. The maximum Gasteiger partial charge on any atom is 0.328 e. The van der Waals surface area contributed by atoms with Crippen LogP contribution < -0.4 is 10.2 Å². The number of rotatable bonds is 5. The molecular weight excluding hydrogens is 308 g/mol. The lowest BCUT2D eigenvalue weighted by atomic mass is 10.1. The fourth-order valence-electron chi connectivity index (χ4n) is 1.99. The van der Waals surface area contributed by atoms with Crippen LogP contribution in [0.4, 0.5) is 11.4 Å². The van der Waals surface area contributed by atoms with E-state index in [4.69, 9.17) is 5.11 Å². The SMILES string of the molecule is CN(C(=O)c1ccc(NC(=O)/C=C/C(=O)O)cc1)c1ccccc1. The summed E-state index contributed by atoms with van der Waals surface area (Å²) in [5.74, 6) is -1.93. The van der Waals surface area contributed by atoms with Crippen LogP contribution in [0.2, 0.25) is 0 Å². The Labute approximate surface area is 139 Å². The second-order valence-corrected chi connectivity index (χ2v) is 4.94. The largest absolute Gasteiger partial charge is 0.478 e. The van der Waals surface area contributed by atoms with Gasteiger partial charge in [-0.05, 0) is 36.4 Å². The number of carbonyl (C=O) groups excluding carboxylic acids is 2. The minimum absolute atomic E-state index is 0.176. The summed E-state index contributed by atoms with van der Waals surface area (Å²) in [5, 5.41) is 11.0. The molecule has 0 aliphatic heterocycles. The average molecular weight is 324 g/mol. The Balaban J connectivity index is 2.05. The molecule has 0 aromatic heterocycles. The number of amides is 2.